The summed E-state index contributed by atoms with van der Waals surface area (Å²) in [6.07, 6.45) is 15.9. The summed E-state index contributed by atoms with van der Waals surface area (Å²) in [7, 11) is 0. The van der Waals surface area contributed by atoms with Crippen LogP contribution in [0.3, 0.4) is 0 Å². The van der Waals surface area contributed by atoms with E-state index in [0.717, 1.165) is 45.6 Å². The highest BCUT2D eigenvalue weighted by molar-refractivity contribution is 5.46. The van der Waals surface area contributed by atoms with Gasteiger partial charge in [0.1, 0.15) is 0 Å². The van der Waals surface area contributed by atoms with Crippen LogP contribution in [0.15, 0.2) is 35.5 Å². The van der Waals surface area contributed by atoms with Crippen molar-refractivity contribution in [2.75, 3.05) is 45.9 Å². The van der Waals surface area contributed by atoms with E-state index in [1.165, 1.54) is 31.3 Å². The average Bonchev–Trinajstić information content (AvgIpc) is 2.68. The smallest absolute Gasteiger partial charge is 0.207 e. The third kappa shape index (κ3) is 6.91. The zero-order chi connectivity index (χ0) is 19.5. The van der Waals surface area contributed by atoms with E-state index in [-0.39, 0.29) is 12.1 Å². The molecule has 1 fully saturated rings. The second-order valence-electron chi connectivity index (χ2n) is 8.01. The van der Waals surface area contributed by atoms with E-state index in [1.54, 1.807) is 5.57 Å². The number of nitrogens with one attached hydrogen (secondary N) is 1. The zero-order valence-corrected chi connectivity index (χ0v) is 17.1. The Morgan fingerprint density at radius 1 is 1.26 bits per heavy atom. The van der Waals surface area contributed by atoms with E-state index in [0.29, 0.717) is 6.54 Å². The van der Waals surface area contributed by atoms with E-state index in [4.69, 9.17) is 5.11 Å². The third-order valence-electron chi connectivity index (χ3n) is 5.87. The molecule has 1 aliphatic heterocycles. The number of piperazine rings is 1. The largest absolute Gasteiger partial charge is 0.395 e. The van der Waals surface area contributed by atoms with Crippen LogP contribution in [0.25, 0.3) is 0 Å². The molecule has 1 saturated heterocycles. The second-order valence-corrected chi connectivity index (χ2v) is 8.01. The van der Waals surface area contributed by atoms with Crippen LogP contribution in [0.5, 0.6) is 0 Å². The number of aliphatic hydroxyl groups excluding tert-OH is 1. The molecule has 1 aliphatic carbocycles. The summed E-state index contributed by atoms with van der Waals surface area (Å²) >= 11 is 0. The summed E-state index contributed by atoms with van der Waals surface area (Å²) in [5, 5.41) is 11.9. The van der Waals surface area contributed by atoms with Gasteiger partial charge in [-0.2, -0.15) is 0 Å². The number of rotatable bonds is 10. The van der Waals surface area contributed by atoms with Gasteiger partial charge in [-0.25, -0.2) is 0 Å². The minimum absolute atomic E-state index is 0.0573. The van der Waals surface area contributed by atoms with Crippen molar-refractivity contribution in [1.82, 2.24) is 15.1 Å². The van der Waals surface area contributed by atoms with Crippen LogP contribution in [-0.4, -0.2) is 72.7 Å². The Bertz CT molecular complexity index is 544. The Morgan fingerprint density at radius 2 is 2.04 bits per heavy atom. The topological polar surface area (TPSA) is 55.8 Å². The fraction of sp³-hybridized carbons (Fsp3) is 0.682. The van der Waals surface area contributed by atoms with Gasteiger partial charge in [-0.05, 0) is 51.5 Å². The lowest BCUT2D eigenvalue weighted by Gasteiger charge is -2.45. The Kier molecular flexibility index (Phi) is 9.25. The fourth-order valence-corrected chi connectivity index (χ4v) is 4.01. The zero-order valence-electron chi connectivity index (χ0n) is 17.1. The van der Waals surface area contributed by atoms with Crippen molar-refractivity contribution in [3.05, 3.63) is 35.5 Å². The fourth-order valence-electron chi connectivity index (χ4n) is 4.01. The monoisotopic (exact) mass is 375 g/mol. The SMILES string of the molecule is CC(C)(C(/C=C\CNC=O)=C/CC1=CCCCC1)N1CCN(CCO)CC1. The van der Waals surface area contributed by atoms with Crippen molar-refractivity contribution in [2.45, 2.75) is 51.5 Å². The predicted octanol–water partition coefficient (Wildman–Crippen LogP) is 2.49. The summed E-state index contributed by atoms with van der Waals surface area (Å²) in [5.74, 6) is 0. The van der Waals surface area contributed by atoms with Crippen molar-refractivity contribution in [3.8, 4) is 0 Å². The molecule has 0 aromatic heterocycles. The van der Waals surface area contributed by atoms with Crippen molar-refractivity contribution in [1.29, 1.82) is 0 Å². The second kappa shape index (κ2) is 11.4. The number of β-amino-alcohol motifs (C(OH)–C–C–N with tert-alkyl or cyclic N) is 1. The van der Waals surface area contributed by atoms with Gasteiger partial charge >= 0.3 is 0 Å². The van der Waals surface area contributed by atoms with E-state index < -0.39 is 0 Å². The molecule has 0 bridgehead atoms. The minimum Gasteiger partial charge on any atom is -0.395 e. The molecule has 0 unspecified atom stereocenters. The number of aliphatic hydroxyl groups is 1. The van der Waals surface area contributed by atoms with Crippen LogP contribution in [-0.2, 0) is 4.79 Å². The van der Waals surface area contributed by atoms with Crippen LogP contribution < -0.4 is 5.32 Å². The molecule has 2 aliphatic rings. The van der Waals surface area contributed by atoms with Crippen LogP contribution in [0.4, 0.5) is 0 Å². The minimum atomic E-state index is -0.0573. The highest BCUT2D eigenvalue weighted by Crippen LogP contribution is 2.29. The Labute approximate surface area is 164 Å². The molecule has 0 aromatic carbocycles. The lowest BCUT2D eigenvalue weighted by Crippen LogP contribution is -2.55. The number of amides is 1. The Balaban J connectivity index is 2.08. The summed E-state index contributed by atoms with van der Waals surface area (Å²) < 4.78 is 0. The van der Waals surface area contributed by atoms with Gasteiger partial charge in [0.25, 0.3) is 0 Å². The first-order valence-electron chi connectivity index (χ1n) is 10.4. The molecule has 0 atom stereocenters. The van der Waals surface area contributed by atoms with Crippen molar-refractivity contribution in [2.24, 2.45) is 0 Å². The van der Waals surface area contributed by atoms with Gasteiger partial charge in [0.2, 0.25) is 6.41 Å². The van der Waals surface area contributed by atoms with E-state index in [9.17, 15) is 4.79 Å². The summed E-state index contributed by atoms with van der Waals surface area (Å²) in [6.45, 7) is 10.2. The number of nitrogens with zero attached hydrogens (tertiary/aromatic N) is 2. The quantitative estimate of drug-likeness (QED) is 0.267. The summed E-state index contributed by atoms with van der Waals surface area (Å²) in [5.41, 5.74) is 2.82. The van der Waals surface area contributed by atoms with Gasteiger partial charge < -0.3 is 10.4 Å². The molecule has 2 rings (SSSR count). The van der Waals surface area contributed by atoms with Crippen LogP contribution in [0.1, 0.15) is 46.0 Å². The first-order valence-corrected chi connectivity index (χ1v) is 10.4. The van der Waals surface area contributed by atoms with Gasteiger partial charge in [-0.1, -0.05) is 29.9 Å². The maximum Gasteiger partial charge on any atom is 0.207 e. The van der Waals surface area contributed by atoms with Gasteiger partial charge in [-0.15, -0.1) is 0 Å². The molecule has 0 aromatic rings. The molecule has 152 valence electrons. The van der Waals surface area contributed by atoms with Crippen LogP contribution in [0.2, 0.25) is 0 Å². The van der Waals surface area contributed by atoms with Gasteiger partial charge in [-0.3, -0.25) is 14.6 Å². The normalized spacial score (nSPS) is 20.7. The molecule has 1 amide bonds. The Morgan fingerprint density at radius 3 is 2.67 bits per heavy atom. The van der Waals surface area contributed by atoms with Crippen molar-refractivity contribution < 1.29 is 9.90 Å². The molecule has 27 heavy (non-hydrogen) atoms. The maximum atomic E-state index is 10.5. The first-order chi connectivity index (χ1) is 13.1. The molecule has 0 spiro atoms. The number of carbonyl (C=O) groups is 1. The summed E-state index contributed by atoms with van der Waals surface area (Å²) in [6, 6.07) is 0. The summed E-state index contributed by atoms with van der Waals surface area (Å²) in [4.78, 5) is 15.4. The molecular formula is C22H37N3O2. The van der Waals surface area contributed by atoms with Crippen molar-refractivity contribution >= 4 is 6.41 Å². The van der Waals surface area contributed by atoms with Crippen molar-refractivity contribution in [3.63, 3.8) is 0 Å². The standard InChI is InChI=1S/C22H37N3O2/c1-22(2,25-15-13-24(14-16-25)17-18-26)21(9-6-12-23-19-27)11-10-20-7-4-3-5-8-20/h6-7,9,11,19,26H,3-5,8,10,12-18H2,1-2H3,(H,23,27)/b9-6-,21-11+. The molecule has 0 saturated carbocycles. The van der Waals surface area contributed by atoms with Gasteiger partial charge in [0.05, 0.1) is 6.61 Å². The third-order valence-corrected chi connectivity index (χ3v) is 5.87. The van der Waals surface area contributed by atoms with E-state index in [1.807, 2.05) is 6.08 Å². The molecular weight excluding hydrogens is 338 g/mol. The molecule has 5 heteroatoms. The highest BCUT2D eigenvalue weighted by atomic mass is 16.3. The lowest BCUT2D eigenvalue weighted by molar-refractivity contribution is -0.109. The molecule has 1 heterocycles. The van der Waals surface area contributed by atoms with E-state index >= 15 is 0 Å². The number of hydrogen-bond donors (Lipinski definition) is 2. The lowest BCUT2D eigenvalue weighted by atomic mass is 9.88. The highest BCUT2D eigenvalue weighted by Gasteiger charge is 2.31. The van der Waals surface area contributed by atoms with Crippen LogP contribution in [0, 0.1) is 0 Å². The van der Waals surface area contributed by atoms with Crippen LogP contribution >= 0.6 is 0 Å². The number of hydrogen-bond acceptors (Lipinski definition) is 4. The van der Waals surface area contributed by atoms with Gasteiger partial charge in [0.15, 0.2) is 0 Å². The molecule has 5 nitrogen and oxygen atoms in total. The predicted molar refractivity (Wildman–Crippen MR) is 112 cm³/mol. The number of allylic oxidation sites excluding steroid dienone is 3. The van der Waals surface area contributed by atoms with E-state index in [2.05, 4.69) is 47.2 Å². The number of carbonyl (C=O) groups excluding carboxylic acids is 1. The average molecular weight is 376 g/mol. The molecule has 2 N–H and O–H groups in total. The molecule has 0 radical (unpaired) electrons. The maximum absolute atomic E-state index is 10.5. The first kappa shape index (κ1) is 21.9. The van der Waals surface area contributed by atoms with Gasteiger partial charge in [0, 0.05) is 44.8 Å². The Hall–Kier alpha value is -1.43.